The van der Waals surface area contributed by atoms with Gasteiger partial charge in [-0.25, -0.2) is 4.98 Å². The fourth-order valence-corrected chi connectivity index (χ4v) is 3.81. The van der Waals surface area contributed by atoms with E-state index in [0.29, 0.717) is 11.4 Å². The summed E-state index contributed by atoms with van der Waals surface area (Å²) in [7, 11) is 1.36. The molecule has 3 heterocycles. The molecule has 146 valence electrons. The number of fused-ring (bicyclic) bond motifs is 3. The highest BCUT2D eigenvalue weighted by Gasteiger charge is 2.30. The second-order valence-corrected chi connectivity index (χ2v) is 7.68. The van der Waals surface area contributed by atoms with Gasteiger partial charge in [-0.2, -0.15) is 0 Å². The largest absolute Gasteiger partial charge is 0.469 e. The van der Waals surface area contributed by atoms with Crippen molar-refractivity contribution >= 4 is 27.6 Å². The summed E-state index contributed by atoms with van der Waals surface area (Å²) in [4.78, 5) is 26.0. The van der Waals surface area contributed by atoms with Gasteiger partial charge in [0, 0.05) is 28.1 Å². The highest BCUT2D eigenvalue weighted by Crippen LogP contribution is 2.36. The third-order valence-corrected chi connectivity index (χ3v) is 5.31. The lowest BCUT2D eigenvalue weighted by atomic mass is 10.0. The van der Waals surface area contributed by atoms with Gasteiger partial charge in [0.05, 0.1) is 30.6 Å². The lowest BCUT2D eigenvalue weighted by molar-refractivity contribution is -0.139. The molecule has 0 fully saturated rings. The van der Waals surface area contributed by atoms with Crippen molar-refractivity contribution in [1.29, 1.82) is 0 Å². The summed E-state index contributed by atoms with van der Waals surface area (Å²) >= 11 is 3.57. The van der Waals surface area contributed by atoms with Gasteiger partial charge in [-0.05, 0) is 42.8 Å². The molecule has 0 amide bonds. The minimum Gasteiger partial charge on any atom is -0.469 e. The second-order valence-electron chi connectivity index (χ2n) is 6.76. The summed E-state index contributed by atoms with van der Waals surface area (Å²) in [5.74, 6) is 0.356. The topological polar surface area (TPSA) is 69.4 Å². The Morgan fingerprint density at radius 3 is 2.83 bits per heavy atom. The lowest BCUT2D eigenvalue weighted by Gasteiger charge is -2.16. The number of hydrogen-bond donors (Lipinski definition) is 0. The Balaban J connectivity index is 1.98. The van der Waals surface area contributed by atoms with Gasteiger partial charge in [0.25, 0.3) is 0 Å². The van der Waals surface area contributed by atoms with Crippen molar-refractivity contribution in [1.82, 2.24) is 14.5 Å². The van der Waals surface area contributed by atoms with Crippen LogP contribution in [-0.4, -0.2) is 33.3 Å². The molecule has 0 unspecified atom stereocenters. The highest BCUT2D eigenvalue weighted by molar-refractivity contribution is 9.10. The summed E-state index contributed by atoms with van der Waals surface area (Å²) < 4.78 is 7.83. The number of carbonyl (C=O) groups is 1. The number of benzene rings is 1. The number of aryl methyl sites for hydroxylation is 1. The zero-order chi connectivity index (χ0) is 20.5. The molecule has 0 bridgehead atoms. The maximum atomic E-state index is 11.9. The van der Waals surface area contributed by atoms with Crippen molar-refractivity contribution in [2.75, 3.05) is 7.11 Å². The predicted octanol–water partition coefficient (Wildman–Crippen LogP) is 4.35. The molecule has 1 aliphatic rings. The quantitative estimate of drug-likeness (QED) is 0.437. The van der Waals surface area contributed by atoms with E-state index in [9.17, 15) is 4.79 Å². The molecule has 1 atom stereocenters. The maximum Gasteiger partial charge on any atom is 0.309 e. The Morgan fingerprint density at radius 2 is 2.10 bits per heavy atom. The molecule has 1 aliphatic heterocycles. The second kappa shape index (κ2) is 7.75. The van der Waals surface area contributed by atoms with Crippen molar-refractivity contribution < 1.29 is 9.53 Å². The summed E-state index contributed by atoms with van der Waals surface area (Å²) in [6.07, 6.45) is 3.61. The Kier molecular flexibility index (Phi) is 5.15. The van der Waals surface area contributed by atoms with Crippen LogP contribution in [0, 0.1) is 6.92 Å². The molecular formula is C22H19BrN4O2. The number of aromatic nitrogens is 3. The van der Waals surface area contributed by atoms with Crippen molar-refractivity contribution in [2.24, 2.45) is 4.99 Å². The van der Waals surface area contributed by atoms with E-state index < -0.39 is 6.04 Å². The van der Waals surface area contributed by atoms with Gasteiger partial charge in [0.1, 0.15) is 11.9 Å². The number of halogens is 1. The Bertz CT molecular complexity index is 1130. The molecular weight excluding hydrogens is 432 g/mol. The number of hydrogen-bond acceptors (Lipinski definition) is 5. The number of imidazole rings is 1. The number of carbonyl (C=O) groups excluding carboxylic acids is 1. The van der Waals surface area contributed by atoms with Crippen molar-refractivity contribution in [3.8, 4) is 5.69 Å². The first kappa shape index (κ1) is 19.3. The number of ether oxygens (including phenoxy) is 1. The normalized spacial score (nSPS) is 15.0. The van der Waals surface area contributed by atoms with Crippen LogP contribution in [0.2, 0.25) is 0 Å². The van der Waals surface area contributed by atoms with Crippen molar-refractivity contribution in [3.63, 3.8) is 0 Å². The summed E-state index contributed by atoms with van der Waals surface area (Å²) in [6.45, 7) is 6.13. The van der Waals surface area contributed by atoms with Crippen LogP contribution in [0.1, 0.15) is 35.2 Å². The molecule has 0 N–H and O–H groups in total. The molecule has 0 aliphatic carbocycles. The van der Waals surface area contributed by atoms with E-state index in [-0.39, 0.29) is 12.4 Å². The fourth-order valence-electron chi connectivity index (χ4n) is 3.45. The van der Waals surface area contributed by atoms with Crippen LogP contribution in [0.4, 0.5) is 0 Å². The van der Waals surface area contributed by atoms with Crippen LogP contribution in [0.3, 0.4) is 0 Å². The van der Waals surface area contributed by atoms with Crippen LogP contribution in [-0.2, 0) is 9.53 Å². The summed E-state index contributed by atoms with van der Waals surface area (Å²) in [5.41, 5.74) is 4.93. The van der Waals surface area contributed by atoms with Crippen molar-refractivity contribution in [2.45, 2.75) is 19.4 Å². The number of methoxy groups -OCH3 is 1. The molecule has 6 nitrogen and oxygen atoms in total. The molecule has 3 aromatic rings. The van der Waals surface area contributed by atoms with Gasteiger partial charge in [0.2, 0.25) is 0 Å². The molecule has 7 heteroatoms. The number of rotatable bonds is 4. The summed E-state index contributed by atoms with van der Waals surface area (Å²) in [5, 5.41) is 0. The molecule has 0 saturated carbocycles. The maximum absolute atomic E-state index is 11.9. The molecule has 0 saturated heterocycles. The van der Waals surface area contributed by atoms with Gasteiger partial charge in [-0.1, -0.05) is 28.6 Å². The first-order chi connectivity index (χ1) is 14.0. The van der Waals surface area contributed by atoms with E-state index in [2.05, 4.69) is 37.0 Å². The zero-order valence-corrected chi connectivity index (χ0v) is 17.7. The van der Waals surface area contributed by atoms with E-state index in [1.807, 2.05) is 43.3 Å². The van der Waals surface area contributed by atoms with Gasteiger partial charge in [-0.15, -0.1) is 0 Å². The van der Waals surface area contributed by atoms with Crippen LogP contribution in [0.25, 0.3) is 5.69 Å². The third-order valence-electron chi connectivity index (χ3n) is 4.82. The standard InChI is InChI=1S/C22H19BrN4O2/c1-13(10-19(28)29-3)20-22-25-12-14(2)27(22)18-8-7-15(23)11-16(18)21(26-20)17-6-4-5-9-24-17/h4-9,11-12,20H,1,10H2,2-3H3/t20-/m0/s1. The van der Waals surface area contributed by atoms with Crippen molar-refractivity contribution in [3.05, 3.63) is 88.2 Å². The molecule has 4 rings (SSSR count). The van der Waals surface area contributed by atoms with Crippen LogP contribution >= 0.6 is 15.9 Å². The molecule has 0 radical (unpaired) electrons. The number of nitrogens with zero attached hydrogens (tertiary/aromatic N) is 4. The average molecular weight is 451 g/mol. The fraction of sp³-hybridized carbons (Fsp3) is 0.182. The van der Waals surface area contributed by atoms with Gasteiger partial charge < -0.3 is 4.74 Å². The van der Waals surface area contributed by atoms with Gasteiger partial charge >= 0.3 is 5.97 Å². The van der Waals surface area contributed by atoms with Crippen LogP contribution < -0.4 is 0 Å². The van der Waals surface area contributed by atoms with E-state index >= 15 is 0 Å². The van der Waals surface area contributed by atoms with Gasteiger partial charge in [0.15, 0.2) is 0 Å². The third kappa shape index (κ3) is 3.53. The SMILES string of the molecule is C=C(CC(=O)OC)[C@@H]1N=C(c2ccccn2)c2cc(Br)ccc2-n2c(C)cnc21. The Labute approximate surface area is 177 Å². The minimum absolute atomic E-state index is 0.0616. The number of aliphatic imine (C=N–C) groups is 1. The summed E-state index contributed by atoms with van der Waals surface area (Å²) in [6, 6.07) is 11.2. The van der Waals surface area contributed by atoms with E-state index in [4.69, 9.17) is 9.73 Å². The average Bonchev–Trinajstić information content (AvgIpc) is 3.03. The Morgan fingerprint density at radius 1 is 1.28 bits per heavy atom. The number of esters is 1. The monoisotopic (exact) mass is 450 g/mol. The first-order valence-corrected chi connectivity index (χ1v) is 9.87. The van der Waals surface area contributed by atoms with Crippen LogP contribution in [0.15, 0.2) is 70.4 Å². The molecule has 1 aromatic carbocycles. The van der Waals surface area contributed by atoms with Crippen LogP contribution in [0.5, 0.6) is 0 Å². The molecule has 0 spiro atoms. The van der Waals surface area contributed by atoms with E-state index in [0.717, 1.165) is 32.8 Å². The zero-order valence-electron chi connectivity index (χ0n) is 16.1. The minimum atomic E-state index is -0.508. The van der Waals surface area contributed by atoms with E-state index in [1.165, 1.54) is 7.11 Å². The first-order valence-electron chi connectivity index (χ1n) is 9.08. The lowest BCUT2D eigenvalue weighted by Crippen LogP contribution is -2.11. The Hall–Kier alpha value is -3.06. The van der Waals surface area contributed by atoms with E-state index in [1.54, 1.807) is 12.4 Å². The molecule has 2 aromatic heterocycles. The highest BCUT2D eigenvalue weighted by atomic mass is 79.9. The molecule has 29 heavy (non-hydrogen) atoms. The smallest absolute Gasteiger partial charge is 0.309 e. The number of pyridine rings is 1. The predicted molar refractivity (Wildman–Crippen MR) is 114 cm³/mol. The van der Waals surface area contributed by atoms with Gasteiger partial charge in [-0.3, -0.25) is 19.3 Å².